The smallest absolute Gasteiger partial charge is 0.267 e. The Morgan fingerprint density at radius 1 is 1.12 bits per heavy atom. The first-order chi connectivity index (χ1) is 11.5. The van der Waals surface area contributed by atoms with Gasteiger partial charge in [-0.05, 0) is 42.2 Å². The van der Waals surface area contributed by atoms with E-state index in [2.05, 4.69) is 24.5 Å². The standard InChI is InChI=1S/C20H21N3O/c1-14(2)16-8-10-18(11-9-16)23-20(24)17(12-21)13-22-19-7-5-4-6-15(19)3/h4-11,13-14,22H,1-3H3,(H,23,24)/b17-13-. The van der Waals surface area contributed by atoms with Gasteiger partial charge in [-0.3, -0.25) is 4.79 Å². The molecule has 0 aromatic heterocycles. The van der Waals surface area contributed by atoms with Gasteiger partial charge in [-0.2, -0.15) is 5.26 Å². The highest BCUT2D eigenvalue weighted by atomic mass is 16.1. The number of nitrogens with zero attached hydrogens (tertiary/aromatic N) is 1. The molecule has 4 heteroatoms. The lowest BCUT2D eigenvalue weighted by atomic mass is 10.0. The van der Waals surface area contributed by atoms with Crippen LogP contribution in [0.3, 0.4) is 0 Å². The van der Waals surface area contributed by atoms with E-state index in [0.29, 0.717) is 11.6 Å². The topological polar surface area (TPSA) is 64.9 Å². The molecule has 0 saturated carbocycles. The Kier molecular flexibility index (Phi) is 5.75. The van der Waals surface area contributed by atoms with E-state index in [1.165, 1.54) is 11.8 Å². The number of carbonyl (C=O) groups is 1. The number of rotatable bonds is 5. The molecule has 0 bridgehead atoms. The summed E-state index contributed by atoms with van der Waals surface area (Å²) in [5.74, 6) is -0.00138. The Morgan fingerprint density at radius 3 is 2.38 bits per heavy atom. The predicted molar refractivity (Wildman–Crippen MR) is 97.7 cm³/mol. The highest BCUT2D eigenvalue weighted by molar-refractivity contribution is 6.06. The molecule has 122 valence electrons. The maximum absolute atomic E-state index is 12.2. The van der Waals surface area contributed by atoms with E-state index in [1.54, 1.807) is 0 Å². The van der Waals surface area contributed by atoms with Crippen molar-refractivity contribution in [2.75, 3.05) is 10.6 Å². The largest absolute Gasteiger partial charge is 0.360 e. The molecule has 0 spiro atoms. The normalized spacial score (nSPS) is 11.0. The van der Waals surface area contributed by atoms with Crippen LogP contribution >= 0.6 is 0 Å². The molecule has 0 atom stereocenters. The molecule has 0 radical (unpaired) electrons. The number of nitriles is 1. The van der Waals surface area contributed by atoms with Crippen LogP contribution in [0.4, 0.5) is 11.4 Å². The summed E-state index contributed by atoms with van der Waals surface area (Å²) in [6, 6.07) is 17.2. The molecular weight excluding hydrogens is 298 g/mol. The second-order valence-corrected chi connectivity index (χ2v) is 5.86. The van der Waals surface area contributed by atoms with Crippen LogP contribution in [0.15, 0.2) is 60.3 Å². The number of aryl methyl sites for hydroxylation is 1. The van der Waals surface area contributed by atoms with E-state index >= 15 is 0 Å². The van der Waals surface area contributed by atoms with Crippen LogP contribution in [0.25, 0.3) is 0 Å². The lowest BCUT2D eigenvalue weighted by Gasteiger charge is -2.09. The van der Waals surface area contributed by atoms with Gasteiger partial charge in [0.25, 0.3) is 5.91 Å². The fourth-order valence-electron chi connectivity index (χ4n) is 2.18. The molecule has 2 N–H and O–H groups in total. The maximum Gasteiger partial charge on any atom is 0.267 e. The first kappa shape index (κ1) is 17.3. The molecule has 0 saturated heterocycles. The van der Waals surface area contributed by atoms with E-state index in [0.717, 1.165) is 11.3 Å². The minimum absolute atomic E-state index is 0.0196. The molecule has 0 unspecified atom stereocenters. The second-order valence-electron chi connectivity index (χ2n) is 5.86. The summed E-state index contributed by atoms with van der Waals surface area (Å²) in [5, 5.41) is 15.0. The van der Waals surface area contributed by atoms with E-state index in [4.69, 9.17) is 0 Å². The summed E-state index contributed by atoms with van der Waals surface area (Å²) in [6.45, 7) is 6.18. The number of para-hydroxylation sites is 1. The monoisotopic (exact) mass is 319 g/mol. The second kappa shape index (κ2) is 7.98. The zero-order valence-corrected chi connectivity index (χ0v) is 14.1. The third-order valence-electron chi connectivity index (χ3n) is 3.72. The Labute approximate surface area is 142 Å². The number of hydrogen-bond acceptors (Lipinski definition) is 3. The maximum atomic E-state index is 12.2. The van der Waals surface area contributed by atoms with Gasteiger partial charge in [0.1, 0.15) is 11.6 Å². The van der Waals surface area contributed by atoms with E-state index in [1.807, 2.05) is 61.5 Å². The van der Waals surface area contributed by atoms with E-state index < -0.39 is 5.91 Å². The lowest BCUT2D eigenvalue weighted by Crippen LogP contribution is -2.14. The highest BCUT2D eigenvalue weighted by Gasteiger charge is 2.10. The van der Waals surface area contributed by atoms with Crippen molar-refractivity contribution in [2.24, 2.45) is 0 Å². The van der Waals surface area contributed by atoms with Crippen molar-refractivity contribution in [3.8, 4) is 6.07 Å². The summed E-state index contributed by atoms with van der Waals surface area (Å²) in [5.41, 5.74) is 3.79. The summed E-state index contributed by atoms with van der Waals surface area (Å²) in [7, 11) is 0. The van der Waals surface area contributed by atoms with Gasteiger partial charge >= 0.3 is 0 Å². The van der Waals surface area contributed by atoms with Crippen LogP contribution in [-0.2, 0) is 4.79 Å². The highest BCUT2D eigenvalue weighted by Crippen LogP contribution is 2.18. The molecule has 24 heavy (non-hydrogen) atoms. The predicted octanol–water partition coefficient (Wildman–Crippen LogP) is 4.58. The van der Waals surface area contributed by atoms with Gasteiger partial charge in [0.15, 0.2) is 0 Å². The Balaban J connectivity index is 2.07. The molecule has 4 nitrogen and oxygen atoms in total. The van der Waals surface area contributed by atoms with Gasteiger partial charge in [-0.15, -0.1) is 0 Å². The SMILES string of the molecule is Cc1ccccc1N/C=C(/C#N)C(=O)Nc1ccc(C(C)C)cc1. The zero-order valence-electron chi connectivity index (χ0n) is 14.1. The van der Waals surface area contributed by atoms with Crippen LogP contribution in [0.2, 0.25) is 0 Å². The summed E-state index contributed by atoms with van der Waals surface area (Å²) in [6.07, 6.45) is 1.43. The number of hydrogen-bond donors (Lipinski definition) is 2. The summed E-state index contributed by atoms with van der Waals surface area (Å²) in [4.78, 5) is 12.2. The Morgan fingerprint density at radius 2 is 1.79 bits per heavy atom. The molecule has 2 rings (SSSR count). The fourth-order valence-corrected chi connectivity index (χ4v) is 2.18. The van der Waals surface area contributed by atoms with E-state index in [9.17, 15) is 10.1 Å². The number of carbonyl (C=O) groups excluding carboxylic acids is 1. The van der Waals surface area contributed by atoms with Crippen LogP contribution < -0.4 is 10.6 Å². The fraction of sp³-hybridized carbons (Fsp3) is 0.200. The molecule has 2 aromatic carbocycles. The Bertz CT molecular complexity index is 783. The van der Waals surface area contributed by atoms with Crippen molar-refractivity contribution in [3.05, 3.63) is 71.4 Å². The van der Waals surface area contributed by atoms with Crippen LogP contribution in [-0.4, -0.2) is 5.91 Å². The van der Waals surface area contributed by atoms with Crippen LogP contribution in [0.5, 0.6) is 0 Å². The molecule has 0 fully saturated rings. The minimum Gasteiger partial charge on any atom is -0.360 e. The summed E-state index contributed by atoms with van der Waals surface area (Å²) < 4.78 is 0. The number of benzene rings is 2. The van der Waals surface area contributed by atoms with Crippen molar-refractivity contribution in [1.82, 2.24) is 0 Å². The molecular formula is C20H21N3O. The van der Waals surface area contributed by atoms with Crippen molar-refractivity contribution in [1.29, 1.82) is 5.26 Å². The van der Waals surface area contributed by atoms with Crippen LogP contribution in [0.1, 0.15) is 30.9 Å². The number of amides is 1. The quantitative estimate of drug-likeness (QED) is 0.626. The molecule has 2 aromatic rings. The van der Waals surface area contributed by atoms with Crippen molar-refractivity contribution >= 4 is 17.3 Å². The average molecular weight is 319 g/mol. The first-order valence-electron chi connectivity index (χ1n) is 7.85. The van der Waals surface area contributed by atoms with Crippen molar-refractivity contribution in [3.63, 3.8) is 0 Å². The average Bonchev–Trinajstić information content (AvgIpc) is 2.57. The first-order valence-corrected chi connectivity index (χ1v) is 7.85. The number of anilines is 2. The summed E-state index contributed by atoms with van der Waals surface area (Å²) >= 11 is 0. The van der Waals surface area contributed by atoms with E-state index in [-0.39, 0.29) is 5.57 Å². The van der Waals surface area contributed by atoms with Gasteiger partial charge in [0, 0.05) is 17.6 Å². The third-order valence-corrected chi connectivity index (χ3v) is 3.72. The molecule has 1 amide bonds. The van der Waals surface area contributed by atoms with Gasteiger partial charge in [-0.1, -0.05) is 44.2 Å². The number of nitrogens with one attached hydrogen (secondary N) is 2. The van der Waals surface area contributed by atoms with Gasteiger partial charge in [0.2, 0.25) is 0 Å². The minimum atomic E-state index is -0.434. The van der Waals surface area contributed by atoms with Gasteiger partial charge < -0.3 is 10.6 Å². The molecule has 0 aliphatic heterocycles. The van der Waals surface area contributed by atoms with Crippen molar-refractivity contribution < 1.29 is 4.79 Å². The van der Waals surface area contributed by atoms with Crippen molar-refractivity contribution in [2.45, 2.75) is 26.7 Å². The van der Waals surface area contributed by atoms with Crippen LogP contribution in [0, 0.1) is 18.3 Å². The lowest BCUT2D eigenvalue weighted by molar-refractivity contribution is -0.112. The Hall–Kier alpha value is -3.06. The molecule has 0 aliphatic carbocycles. The third kappa shape index (κ3) is 4.47. The molecule has 0 aliphatic rings. The molecule has 0 heterocycles. The van der Waals surface area contributed by atoms with Gasteiger partial charge in [0.05, 0.1) is 0 Å². The zero-order chi connectivity index (χ0) is 17.5. The van der Waals surface area contributed by atoms with Gasteiger partial charge in [-0.25, -0.2) is 0 Å².